The fraction of sp³-hybridized carbons (Fsp3) is 0.308. The number of phenolic OH excluding ortho intramolecular Hbond substituents is 1. The monoisotopic (exact) mass is 235 g/mol. The smallest absolute Gasteiger partial charge is 0.335 e. The lowest BCUT2D eigenvalue weighted by molar-refractivity contribution is -0.138. The topological polar surface area (TPSA) is 49.8 Å². The first-order valence-electron chi connectivity index (χ1n) is 5.39. The molecule has 0 radical (unpaired) electrons. The van der Waals surface area contributed by atoms with Gasteiger partial charge in [-0.25, -0.2) is 4.79 Å². The van der Waals surface area contributed by atoms with Crippen LogP contribution >= 0.6 is 0 Å². The van der Waals surface area contributed by atoms with Crippen LogP contribution < -0.4 is 4.90 Å². The number of hydrogen-bond donors (Lipinski definition) is 1. The summed E-state index contributed by atoms with van der Waals surface area (Å²) in [5, 5.41) is 9.35. The molecular weight excluding hydrogens is 218 g/mol. The summed E-state index contributed by atoms with van der Waals surface area (Å²) in [6.07, 6.45) is 0. The molecule has 0 aliphatic carbocycles. The van der Waals surface area contributed by atoms with E-state index in [-0.39, 0.29) is 11.7 Å². The molecule has 0 spiro atoms. The molecule has 1 N–H and O–H groups in total. The third kappa shape index (κ3) is 3.83. The second-order valence-electron chi connectivity index (χ2n) is 3.70. The maximum absolute atomic E-state index is 11.4. The number of anilines is 1. The zero-order chi connectivity index (χ0) is 12.8. The van der Waals surface area contributed by atoms with Crippen molar-refractivity contribution >= 4 is 11.7 Å². The Hall–Kier alpha value is -1.97. The summed E-state index contributed by atoms with van der Waals surface area (Å²) in [7, 11) is 1.82. The first-order chi connectivity index (χ1) is 8.04. The molecule has 0 bridgehead atoms. The van der Waals surface area contributed by atoms with Crippen molar-refractivity contribution in [2.24, 2.45) is 0 Å². The molecule has 0 unspecified atom stereocenters. The number of hydrogen-bond acceptors (Lipinski definition) is 4. The second kappa shape index (κ2) is 5.94. The van der Waals surface area contributed by atoms with Crippen molar-refractivity contribution in [2.75, 3.05) is 25.1 Å². The van der Waals surface area contributed by atoms with Crippen LogP contribution in [0, 0.1) is 0 Å². The van der Waals surface area contributed by atoms with E-state index in [2.05, 4.69) is 6.58 Å². The van der Waals surface area contributed by atoms with Gasteiger partial charge in [-0.1, -0.05) is 12.6 Å². The molecule has 0 aliphatic heterocycles. The SMILES string of the molecule is C=C(CN(C)c1cccc(O)c1)C(=O)OCC. The molecular formula is C13H17NO3. The molecule has 0 saturated heterocycles. The summed E-state index contributed by atoms with van der Waals surface area (Å²) < 4.78 is 4.85. The molecule has 0 heterocycles. The molecule has 4 nitrogen and oxygen atoms in total. The van der Waals surface area contributed by atoms with Crippen LogP contribution in [0.4, 0.5) is 5.69 Å². The number of likely N-dealkylation sites (N-methyl/N-ethyl adjacent to an activating group) is 1. The summed E-state index contributed by atoms with van der Waals surface area (Å²) in [5.74, 6) is -0.199. The third-order valence-electron chi connectivity index (χ3n) is 2.26. The molecule has 0 amide bonds. The normalized spacial score (nSPS) is 9.76. The predicted molar refractivity (Wildman–Crippen MR) is 67.1 cm³/mol. The Balaban J connectivity index is 2.63. The molecule has 1 aromatic carbocycles. The van der Waals surface area contributed by atoms with E-state index in [1.807, 2.05) is 18.0 Å². The lowest BCUT2D eigenvalue weighted by atomic mass is 10.2. The van der Waals surface area contributed by atoms with Crippen molar-refractivity contribution in [3.05, 3.63) is 36.4 Å². The van der Waals surface area contributed by atoms with Crippen molar-refractivity contribution in [1.29, 1.82) is 0 Å². The summed E-state index contributed by atoms with van der Waals surface area (Å²) in [6, 6.07) is 6.81. The summed E-state index contributed by atoms with van der Waals surface area (Å²) in [5.41, 5.74) is 1.20. The van der Waals surface area contributed by atoms with E-state index in [1.54, 1.807) is 25.1 Å². The van der Waals surface area contributed by atoms with Crippen molar-refractivity contribution in [2.45, 2.75) is 6.92 Å². The number of esters is 1. The van der Waals surface area contributed by atoms with Crippen LogP contribution in [-0.2, 0) is 9.53 Å². The zero-order valence-corrected chi connectivity index (χ0v) is 10.1. The first kappa shape index (κ1) is 13.1. The number of phenols is 1. The molecule has 0 aliphatic rings. The van der Waals surface area contributed by atoms with Crippen LogP contribution in [0.3, 0.4) is 0 Å². The highest BCUT2D eigenvalue weighted by Gasteiger charge is 2.11. The van der Waals surface area contributed by atoms with E-state index in [9.17, 15) is 9.90 Å². The lowest BCUT2D eigenvalue weighted by Gasteiger charge is -2.19. The number of rotatable bonds is 5. The minimum Gasteiger partial charge on any atom is -0.508 e. The van der Waals surface area contributed by atoms with Crippen molar-refractivity contribution in [1.82, 2.24) is 0 Å². The van der Waals surface area contributed by atoms with Crippen molar-refractivity contribution in [3.8, 4) is 5.75 Å². The highest BCUT2D eigenvalue weighted by molar-refractivity contribution is 5.88. The average Bonchev–Trinajstić information content (AvgIpc) is 2.29. The van der Waals surface area contributed by atoms with E-state index < -0.39 is 0 Å². The molecule has 1 aromatic rings. The van der Waals surface area contributed by atoms with Crippen LogP contribution in [0.15, 0.2) is 36.4 Å². The van der Waals surface area contributed by atoms with Gasteiger partial charge in [-0.2, -0.15) is 0 Å². The van der Waals surface area contributed by atoms with E-state index in [1.165, 1.54) is 0 Å². The first-order valence-corrected chi connectivity index (χ1v) is 5.39. The lowest BCUT2D eigenvalue weighted by Crippen LogP contribution is -2.24. The van der Waals surface area contributed by atoms with E-state index >= 15 is 0 Å². The van der Waals surface area contributed by atoms with Gasteiger partial charge in [0.05, 0.1) is 6.61 Å². The van der Waals surface area contributed by atoms with E-state index in [0.29, 0.717) is 18.7 Å². The van der Waals surface area contributed by atoms with Gasteiger partial charge >= 0.3 is 5.97 Å². The van der Waals surface area contributed by atoms with Crippen LogP contribution in [0.1, 0.15) is 6.92 Å². The van der Waals surface area contributed by atoms with Crippen LogP contribution in [0.2, 0.25) is 0 Å². The fourth-order valence-electron chi connectivity index (χ4n) is 1.41. The van der Waals surface area contributed by atoms with Crippen molar-refractivity contribution < 1.29 is 14.6 Å². The van der Waals surface area contributed by atoms with Gasteiger partial charge in [-0.3, -0.25) is 0 Å². The van der Waals surface area contributed by atoms with E-state index in [0.717, 1.165) is 5.69 Å². The molecule has 92 valence electrons. The number of benzene rings is 1. The molecule has 0 saturated carbocycles. The Morgan fingerprint density at radius 3 is 2.82 bits per heavy atom. The number of carbonyl (C=O) groups is 1. The average molecular weight is 235 g/mol. The van der Waals surface area contributed by atoms with Crippen LogP contribution in [-0.4, -0.2) is 31.3 Å². The molecule has 1 rings (SSSR count). The Kier molecular flexibility index (Phi) is 4.57. The number of carbonyl (C=O) groups excluding carboxylic acids is 1. The highest BCUT2D eigenvalue weighted by atomic mass is 16.5. The number of nitrogens with zero attached hydrogens (tertiary/aromatic N) is 1. The zero-order valence-electron chi connectivity index (χ0n) is 10.1. The minimum atomic E-state index is -0.389. The van der Waals surface area contributed by atoms with Gasteiger partial charge < -0.3 is 14.7 Å². The summed E-state index contributed by atoms with van der Waals surface area (Å²) in [4.78, 5) is 13.2. The van der Waals surface area contributed by atoms with E-state index in [4.69, 9.17) is 4.74 Å². The minimum absolute atomic E-state index is 0.191. The van der Waals surface area contributed by atoms with Gasteiger partial charge in [0, 0.05) is 30.9 Å². The largest absolute Gasteiger partial charge is 0.508 e. The summed E-state index contributed by atoms with van der Waals surface area (Å²) >= 11 is 0. The highest BCUT2D eigenvalue weighted by Crippen LogP contribution is 2.19. The Morgan fingerprint density at radius 2 is 2.24 bits per heavy atom. The quantitative estimate of drug-likeness (QED) is 0.626. The third-order valence-corrected chi connectivity index (χ3v) is 2.26. The Bertz CT molecular complexity index is 415. The van der Waals surface area contributed by atoms with Gasteiger partial charge in [0.1, 0.15) is 5.75 Å². The molecule has 4 heteroatoms. The Labute approximate surface area is 101 Å². The molecule has 17 heavy (non-hydrogen) atoms. The van der Waals surface area contributed by atoms with Gasteiger partial charge in [0.25, 0.3) is 0 Å². The molecule has 0 atom stereocenters. The van der Waals surface area contributed by atoms with Gasteiger partial charge in [0.2, 0.25) is 0 Å². The molecule has 0 fully saturated rings. The number of ether oxygens (including phenoxy) is 1. The fourth-order valence-corrected chi connectivity index (χ4v) is 1.41. The molecule has 0 aromatic heterocycles. The van der Waals surface area contributed by atoms with Gasteiger partial charge in [-0.05, 0) is 19.1 Å². The standard InChI is InChI=1S/C13H17NO3/c1-4-17-13(16)10(2)9-14(3)11-6-5-7-12(15)8-11/h5-8,15H,2,4,9H2,1,3H3. The van der Waals surface area contributed by atoms with Crippen molar-refractivity contribution in [3.63, 3.8) is 0 Å². The Morgan fingerprint density at radius 1 is 1.53 bits per heavy atom. The predicted octanol–water partition coefficient (Wildman–Crippen LogP) is 1.95. The summed E-state index contributed by atoms with van der Waals surface area (Å²) in [6.45, 7) is 6.14. The van der Waals surface area contributed by atoms with Crippen LogP contribution in [0.5, 0.6) is 5.75 Å². The maximum atomic E-state index is 11.4. The number of aromatic hydroxyl groups is 1. The second-order valence-corrected chi connectivity index (χ2v) is 3.70. The van der Waals surface area contributed by atoms with Gasteiger partial charge in [0.15, 0.2) is 0 Å². The van der Waals surface area contributed by atoms with Crippen LogP contribution in [0.25, 0.3) is 0 Å². The van der Waals surface area contributed by atoms with Gasteiger partial charge in [-0.15, -0.1) is 0 Å². The maximum Gasteiger partial charge on any atom is 0.335 e.